The Bertz CT molecular complexity index is 1050. The largest absolute Gasteiger partial charge is 0.381 e. The van der Waals surface area contributed by atoms with Gasteiger partial charge in [-0.1, -0.05) is 35.3 Å². The number of benzene rings is 2. The van der Waals surface area contributed by atoms with Crippen LogP contribution in [-0.2, 0) is 0 Å². The number of rotatable bonds is 6. The van der Waals surface area contributed by atoms with Crippen molar-refractivity contribution in [1.29, 1.82) is 0 Å². The van der Waals surface area contributed by atoms with Crippen molar-refractivity contribution in [3.63, 3.8) is 0 Å². The zero-order chi connectivity index (χ0) is 20.1. The van der Waals surface area contributed by atoms with Crippen LogP contribution in [0.2, 0.25) is 10.0 Å². The second-order valence-electron chi connectivity index (χ2n) is 5.73. The molecule has 3 rings (SSSR count). The molecule has 0 fully saturated rings. The maximum absolute atomic E-state index is 13.6. The molecule has 0 aliphatic heterocycles. The Morgan fingerprint density at radius 1 is 1.07 bits per heavy atom. The molecule has 0 unspecified atom stereocenters. The van der Waals surface area contributed by atoms with Gasteiger partial charge in [0.2, 0.25) is 0 Å². The minimum Gasteiger partial charge on any atom is -0.381 e. The quantitative estimate of drug-likeness (QED) is 0.598. The van der Waals surface area contributed by atoms with E-state index in [0.29, 0.717) is 16.4 Å². The van der Waals surface area contributed by atoms with Crippen LogP contribution >= 0.6 is 23.2 Å². The minimum atomic E-state index is -0.592. The zero-order valence-corrected chi connectivity index (χ0v) is 16.0. The maximum atomic E-state index is 13.6. The van der Waals surface area contributed by atoms with Gasteiger partial charge in [0, 0.05) is 18.1 Å². The van der Waals surface area contributed by atoms with Crippen LogP contribution in [0.1, 0.15) is 10.4 Å². The average molecular weight is 421 g/mol. The van der Waals surface area contributed by atoms with Crippen LogP contribution in [0.5, 0.6) is 0 Å². The number of nitrogens with zero attached hydrogens (tertiary/aromatic N) is 2. The fourth-order valence-corrected chi connectivity index (χ4v) is 2.76. The predicted octanol–water partition coefficient (Wildman–Crippen LogP) is 3.52. The van der Waals surface area contributed by atoms with E-state index in [4.69, 9.17) is 23.2 Å². The van der Waals surface area contributed by atoms with Crippen molar-refractivity contribution in [3.05, 3.63) is 86.5 Å². The van der Waals surface area contributed by atoms with E-state index in [-0.39, 0.29) is 23.7 Å². The van der Waals surface area contributed by atoms with Gasteiger partial charge in [0.15, 0.2) is 0 Å². The van der Waals surface area contributed by atoms with E-state index in [1.165, 1.54) is 24.4 Å². The molecule has 0 atom stereocenters. The lowest BCUT2D eigenvalue weighted by atomic mass is 10.2. The van der Waals surface area contributed by atoms with Crippen molar-refractivity contribution in [3.8, 4) is 5.69 Å². The molecule has 9 heteroatoms. The van der Waals surface area contributed by atoms with Crippen LogP contribution in [0.25, 0.3) is 5.69 Å². The van der Waals surface area contributed by atoms with Crippen molar-refractivity contribution < 1.29 is 9.18 Å². The summed E-state index contributed by atoms with van der Waals surface area (Å²) < 4.78 is 14.7. The molecule has 1 amide bonds. The molecule has 144 valence electrons. The first-order valence-corrected chi connectivity index (χ1v) is 9.03. The molecule has 1 aromatic heterocycles. The van der Waals surface area contributed by atoms with E-state index >= 15 is 0 Å². The number of hydrogen-bond donors (Lipinski definition) is 2. The van der Waals surface area contributed by atoms with Crippen LogP contribution in [0.4, 0.5) is 10.1 Å². The number of amides is 1. The van der Waals surface area contributed by atoms with Gasteiger partial charge < -0.3 is 10.6 Å². The molecule has 28 heavy (non-hydrogen) atoms. The molecule has 0 bridgehead atoms. The Morgan fingerprint density at radius 3 is 2.50 bits per heavy atom. The summed E-state index contributed by atoms with van der Waals surface area (Å²) in [5.74, 6) is -1.12. The molecule has 0 aliphatic rings. The zero-order valence-electron chi connectivity index (χ0n) is 14.5. The molecular weight excluding hydrogens is 406 g/mol. The Kier molecular flexibility index (Phi) is 6.28. The number of halogens is 3. The highest BCUT2D eigenvalue weighted by Crippen LogP contribution is 2.17. The summed E-state index contributed by atoms with van der Waals surface area (Å²) in [7, 11) is 0. The van der Waals surface area contributed by atoms with Crippen LogP contribution in [0.3, 0.4) is 0 Å². The van der Waals surface area contributed by atoms with Crippen molar-refractivity contribution in [2.45, 2.75) is 0 Å². The van der Waals surface area contributed by atoms with Gasteiger partial charge in [-0.15, -0.1) is 0 Å². The summed E-state index contributed by atoms with van der Waals surface area (Å²) in [6.45, 7) is 0.468. The topological polar surface area (TPSA) is 76.0 Å². The van der Waals surface area contributed by atoms with E-state index < -0.39 is 17.3 Å². The van der Waals surface area contributed by atoms with E-state index in [9.17, 15) is 14.0 Å². The Morgan fingerprint density at radius 2 is 1.79 bits per heavy atom. The molecule has 0 radical (unpaired) electrons. The van der Waals surface area contributed by atoms with E-state index in [2.05, 4.69) is 15.7 Å². The third kappa shape index (κ3) is 4.49. The molecule has 0 saturated heterocycles. The molecule has 1 heterocycles. The standard InChI is InChI=1S/C19H15Cl2FN4O2/c20-12-5-7-13(8-6-12)26-19(28)17(21)16(11-25-26)23-9-10-24-18(27)14-3-1-2-4-15(14)22/h1-8,11,23H,9-10H2,(H,24,27). The third-order valence-corrected chi connectivity index (χ3v) is 4.45. The number of aromatic nitrogens is 2. The average Bonchev–Trinajstić information content (AvgIpc) is 2.69. The summed E-state index contributed by atoms with van der Waals surface area (Å²) in [5, 5.41) is 10.1. The van der Waals surface area contributed by atoms with E-state index in [1.807, 2.05) is 0 Å². The van der Waals surface area contributed by atoms with E-state index in [1.54, 1.807) is 30.3 Å². The molecule has 0 aliphatic carbocycles. The SMILES string of the molecule is O=C(NCCNc1cnn(-c2ccc(Cl)cc2)c(=O)c1Cl)c1ccccc1F. The lowest BCUT2D eigenvalue weighted by Crippen LogP contribution is -2.30. The van der Waals surface area contributed by atoms with Crippen molar-refractivity contribution in [2.24, 2.45) is 0 Å². The molecular formula is C19H15Cl2FN4O2. The molecule has 3 aromatic rings. The highest BCUT2D eigenvalue weighted by atomic mass is 35.5. The molecule has 0 saturated carbocycles. The van der Waals surface area contributed by atoms with E-state index in [0.717, 1.165) is 4.68 Å². The van der Waals surface area contributed by atoms with Crippen LogP contribution in [-0.4, -0.2) is 28.8 Å². The van der Waals surface area contributed by atoms with Crippen molar-refractivity contribution >= 4 is 34.8 Å². The van der Waals surface area contributed by atoms with Gasteiger partial charge in [-0.25, -0.2) is 4.39 Å². The Balaban J connectivity index is 1.62. The fourth-order valence-electron chi connectivity index (χ4n) is 2.44. The fraction of sp³-hybridized carbons (Fsp3) is 0.105. The van der Waals surface area contributed by atoms with Crippen molar-refractivity contribution in [2.75, 3.05) is 18.4 Å². The van der Waals surface area contributed by atoms with Crippen molar-refractivity contribution in [1.82, 2.24) is 15.1 Å². The Labute approximate surface area is 169 Å². The first-order chi connectivity index (χ1) is 13.5. The van der Waals surface area contributed by atoms with Gasteiger partial charge in [-0.2, -0.15) is 9.78 Å². The van der Waals surface area contributed by atoms with Crippen LogP contribution in [0, 0.1) is 5.82 Å². The second kappa shape index (κ2) is 8.86. The number of anilines is 1. The number of carbonyl (C=O) groups is 1. The number of hydrogen-bond acceptors (Lipinski definition) is 4. The summed E-state index contributed by atoms with van der Waals surface area (Å²) in [6.07, 6.45) is 1.41. The third-order valence-electron chi connectivity index (χ3n) is 3.83. The molecule has 2 aromatic carbocycles. The normalized spacial score (nSPS) is 10.5. The monoisotopic (exact) mass is 420 g/mol. The predicted molar refractivity (Wildman–Crippen MR) is 107 cm³/mol. The number of carbonyl (C=O) groups excluding carboxylic acids is 1. The van der Waals surface area contributed by atoms with Crippen LogP contribution < -0.4 is 16.2 Å². The second-order valence-corrected chi connectivity index (χ2v) is 6.54. The Hall–Kier alpha value is -2.90. The highest BCUT2D eigenvalue weighted by Gasteiger charge is 2.12. The lowest BCUT2D eigenvalue weighted by molar-refractivity contribution is 0.0951. The lowest BCUT2D eigenvalue weighted by Gasteiger charge is -2.11. The van der Waals surface area contributed by atoms with Gasteiger partial charge in [0.25, 0.3) is 11.5 Å². The smallest absolute Gasteiger partial charge is 0.292 e. The van der Waals surface area contributed by atoms with Gasteiger partial charge in [-0.3, -0.25) is 9.59 Å². The summed E-state index contributed by atoms with van der Waals surface area (Å²) in [4.78, 5) is 24.4. The first-order valence-electron chi connectivity index (χ1n) is 8.28. The minimum absolute atomic E-state index is 0.0345. The summed E-state index contributed by atoms with van der Waals surface area (Å²) in [6, 6.07) is 12.3. The van der Waals surface area contributed by atoms with Gasteiger partial charge in [0.05, 0.1) is 23.1 Å². The van der Waals surface area contributed by atoms with Gasteiger partial charge in [-0.05, 0) is 36.4 Å². The first kappa shape index (κ1) is 19.9. The molecule has 0 spiro atoms. The summed E-state index contributed by atoms with van der Waals surface area (Å²) >= 11 is 12.0. The van der Waals surface area contributed by atoms with Crippen LogP contribution in [0.15, 0.2) is 59.5 Å². The number of nitrogens with one attached hydrogen (secondary N) is 2. The highest BCUT2D eigenvalue weighted by molar-refractivity contribution is 6.33. The summed E-state index contributed by atoms with van der Waals surface area (Å²) in [5.41, 5.74) is 0.328. The molecule has 6 nitrogen and oxygen atoms in total. The van der Waals surface area contributed by atoms with Gasteiger partial charge in [0.1, 0.15) is 10.8 Å². The van der Waals surface area contributed by atoms with Gasteiger partial charge >= 0.3 is 0 Å². The maximum Gasteiger partial charge on any atom is 0.292 e. The molecule has 2 N–H and O–H groups in total.